The molecule has 0 unspecified atom stereocenters. The lowest BCUT2D eigenvalue weighted by Crippen LogP contribution is -2.31. The van der Waals surface area contributed by atoms with Gasteiger partial charge in [-0.1, -0.05) is 54.6 Å². The molecule has 6 nitrogen and oxygen atoms in total. The summed E-state index contributed by atoms with van der Waals surface area (Å²) < 4.78 is 10.4. The highest BCUT2D eigenvalue weighted by atomic mass is 16.5. The molecule has 0 aliphatic heterocycles. The molecule has 2 aromatic carbocycles. The van der Waals surface area contributed by atoms with Crippen LogP contribution in [0.1, 0.15) is 35.8 Å². The summed E-state index contributed by atoms with van der Waals surface area (Å²) in [5.74, 6) is -0.844. The summed E-state index contributed by atoms with van der Waals surface area (Å²) >= 11 is 0. The standard InChI is InChI=1S/C24H24N2O4/c1-3-29-23-21(10-7-15-25-23)24(28)30-16-22(27)26-17(2)18-11-13-20(14-12-18)19-8-5-4-6-9-19/h4-15,17H,3,16H2,1-2H3,(H,26,27)/t17-/m1/s1. The van der Waals surface area contributed by atoms with Crippen LogP contribution in [0.2, 0.25) is 0 Å². The van der Waals surface area contributed by atoms with Crippen LogP contribution >= 0.6 is 0 Å². The molecule has 1 amide bonds. The minimum absolute atomic E-state index is 0.191. The van der Waals surface area contributed by atoms with Crippen molar-refractivity contribution >= 4 is 11.9 Å². The third-order valence-electron chi connectivity index (χ3n) is 4.50. The van der Waals surface area contributed by atoms with Crippen molar-refractivity contribution in [2.45, 2.75) is 19.9 Å². The van der Waals surface area contributed by atoms with Crippen molar-refractivity contribution < 1.29 is 19.1 Å². The fourth-order valence-corrected chi connectivity index (χ4v) is 2.97. The molecule has 0 aliphatic carbocycles. The normalized spacial score (nSPS) is 11.4. The molecule has 0 saturated heterocycles. The third kappa shape index (κ3) is 5.44. The molecule has 0 aliphatic rings. The Bertz CT molecular complexity index is 988. The van der Waals surface area contributed by atoms with Gasteiger partial charge in [0.2, 0.25) is 5.88 Å². The van der Waals surface area contributed by atoms with Gasteiger partial charge in [-0.3, -0.25) is 4.79 Å². The van der Waals surface area contributed by atoms with E-state index >= 15 is 0 Å². The third-order valence-corrected chi connectivity index (χ3v) is 4.50. The van der Waals surface area contributed by atoms with Gasteiger partial charge in [0.25, 0.3) is 5.91 Å². The second-order valence-electron chi connectivity index (χ2n) is 6.64. The lowest BCUT2D eigenvalue weighted by molar-refractivity contribution is -0.124. The maximum absolute atomic E-state index is 12.3. The van der Waals surface area contributed by atoms with Crippen molar-refractivity contribution in [3.05, 3.63) is 84.1 Å². The number of hydrogen-bond acceptors (Lipinski definition) is 5. The van der Waals surface area contributed by atoms with E-state index in [1.807, 2.05) is 61.5 Å². The molecule has 1 aromatic heterocycles. The first-order chi connectivity index (χ1) is 14.6. The number of nitrogens with one attached hydrogen (secondary N) is 1. The molecule has 1 N–H and O–H groups in total. The number of carbonyl (C=O) groups excluding carboxylic acids is 2. The first kappa shape index (κ1) is 21.0. The summed E-state index contributed by atoms with van der Waals surface area (Å²) in [7, 11) is 0. The molecule has 1 atom stereocenters. The van der Waals surface area contributed by atoms with Crippen molar-refractivity contribution in [2.24, 2.45) is 0 Å². The highest BCUT2D eigenvalue weighted by molar-refractivity contribution is 5.93. The molecular formula is C24H24N2O4. The zero-order valence-corrected chi connectivity index (χ0v) is 17.0. The Labute approximate surface area is 175 Å². The van der Waals surface area contributed by atoms with Crippen LogP contribution in [0.4, 0.5) is 0 Å². The lowest BCUT2D eigenvalue weighted by atomic mass is 10.0. The van der Waals surface area contributed by atoms with Crippen LogP contribution in [0.25, 0.3) is 11.1 Å². The van der Waals surface area contributed by atoms with E-state index < -0.39 is 5.97 Å². The van der Waals surface area contributed by atoms with Gasteiger partial charge < -0.3 is 14.8 Å². The second-order valence-corrected chi connectivity index (χ2v) is 6.64. The predicted molar refractivity (Wildman–Crippen MR) is 114 cm³/mol. The lowest BCUT2D eigenvalue weighted by Gasteiger charge is -2.15. The van der Waals surface area contributed by atoms with Crippen LogP contribution in [-0.2, 0) is 9.53 Å². The summed E-state index contributed by atoms with van der Waals surface area (Å²) in [6.07, 6.45) is 1.53. The highest BCUT2D eigenvalue weighted by Crippen LogP contribution is 2.22. The second kappa shape index (κ2) is 10.2. The van der Waals surface area contributed by atoms with Gasteiger partial charge in [-0.25, -0.2) is 9.78 Å². The Hall–Kier alpha value is -3.67. The summed E-state index contributed by atoms with van der Waals surface area (Å²) in [5, 5.41) is 2.84. The quantitative estimate of drug-likeness (QED) is 0.570. The van der Waals surface area contributed by atoms with E-state index in [4.69, 9.17) is 9.47 Å². The molecular weight excluding hydrogens is 380 g/mol. The van der Waals surface area contributed by atoms with Crippen molar-refractivity contribution in [3.8, 4) is 17.0 Å². The Morgan fingerprint density at radius 1 is 0.967 bits per heavy atom. The van der Waals surface area contributed by atoms with Crippen LogP contribution in [0, 0.1) is 0 Å². The summed E-state index contributed by atoms with van der Waals surface area (Å²) in [6, 6.07) is 21.0. The van der Waals surface area contributed by atoms with Crippen molar-refractivity contribution in [1.29, 1.82) is 0 Å². The van der Waals surface area contributed by atoms with Crippen LogP contribution in [0.5, 0.6) is 5.88 Å². The van der Waals surface area contributed by atoms with E-state index in [0.29, 0.717) is 6.61 Å². The van der Waals surface area contributed by atoms with E-state index in [1.54, 1.807) is 19.1 Å². The average Bonchev–Trinajstić information content (AvgIpc) is 2.79. The number of carbonyl (C=O) groups is 2. The average molecular weight is 404 g/mol. The van der Waals surface area contributed by atoms with Crippen LogP contribution in [0.15, 0.2) is 72.9 Å². The van der Waals surface area contributed by atoms with Crippen molar-refractivity contribution in [1.82, 2.24) is 10.3 Å². The van der Waals surface area contributed by atoms with Gasteiger partial charge in [0.15, 0.2) is 6.61 Å². The Balaban J connectivity index is 1.54. The van der Waals surface area contributed by atoms with E-state index in [2.05, 4.69) is 10.3 Å². The van der Waals surface area contributed by atoms with Crippen molar-refractivity contribution in [3.63, 3.8) is 0 Å². The number of esters is 1. The zero-order valence-electron chi connectivity index (χ0n) is 17.0. The molecule has 0 spiro atoms. The molecule has 30 heavy (non-hydrogen) atoms. The fraction of sp³-hybridized carbons (Fsp3) is 0.208. The largest absolute Gasteiger partial charge is 0.477 e. The zero-order chi connectivity index (χ0) is 21.3. The van der Waals surface area contributed by atoms with Crippen LogP contribution < -0.4 is 10.1 Å². The first-order valence-corrected chi connectivity index (χ1v) is 9.78. The van der Waals surface area contributed by atoms with Crippen molar-refractivity contribution in [2.75, 3.05) is 13.2 Å². The molecule has 1 heterocycles. The topological polar surface area (TPSA) is 77.5 Å². The maximum Gasteiger partial charge on any atom is 0.344 e. The molecule has 154 valence electrons. The van der Waals surface area contributed by atoms with Gasteiger partial charge in [-0.15, -0.1) is 0 Å². The van der Waals surface area contributed by atoms with Crippen LogP contribution in [0.3, 0.4) is 0 Å². The number of rotatable bonds is 8. The van der Waals surface area contributed by atoms with E-state index in [-0.39, 0.29) is 30.0 Å². The molecule has 0 bridgehead atoms. The summed E-state index contributed by atoms with van der Waals surface area (Å²) in [4.78, 5) is 28.5. The molecule has 0 fully saturated rings. The minimum atomic E-state index is -0.651. The smallest absolute Gasteiger partial charge is 0.344 e. The van der Waals surface area contributed by atoms with Gasteiger partial charge >= 0.3 is 5.97 Å². The number of aromatic nitrogens is 1. The number of pyridine rings is 1. The number of ether oxygens (including phenoxy) is 2. The maximum atomic E-state index is 12.3. The van der Waals surface area contributed by atoms with Gasteiger partial charge in [0.05, 0.1) is 12.6 Å². The predicted octanol–water partition coefficient (Wildman–Crippen LogP) is 4.18. The minimum Gasteiger partial charge on any atom is -0.477 e. The highest BCUT2D eigenvalue weighted by Gasteiger charge is 2.17. The van der Waals surface area contributed by atoms with Gasteiger partial charge in [0, 0.05) is 6.20 Å². The van der Waals surface area contributed by atoms with E-state index in [9.17, 15) is 9.59 Å². The monoisotopic (exact) mass is 404 g/mol. The number of hydrogen-bond donors (Lipinski definition) is 1. The summed E-state index contributed by atoms with van der Waals surface area (Å²) in [5.41, 5.74) is 3.39. The molecule has 6 heteroatoms. The first-order valence-electron chi connectivity index (χ1n) is 9.78. The molecule has 0 radical (unpaired) electrons. The number of benzene rings is 2. The van der Waals surface area contributed by atoms with E-state index in [0.717, 1.165) is 16.7 Å². The molecule has 3 aromatic rings. The number of nitrogens with zero attached hydrogens (tertiary/aromatic N) is 1. The number of amides is 1. The van der Waals surface area contributed by atoms with E-state index in [1.165, 1.54) is 6.20 Å². The Kier molecular flexibility index (Phi) is 7.16. The summed E-state index contributed by atoms with van der Waals surface area (Å²) in [6.45, 7) is 3.67. The SMILES string of the molecule is CCOc1ncccc1C(=O)OCC(=O)N[C@H](C)c1ccc(-c2ccccc2)cc1. The molecule has 0 saturated carbocycles. The van der Waals surface area contributed by atoms with Crippen LogP contribution in [-0.4, -0.2) is 30.1 Å². The van der Waals surface area contributed by atoms with Gasteiger partial charge in [-0.2, -0.15) is 0 Å². The Morgan fingerprint density at radius 3 is 2.37 bits per heavy atom. The van der Waals surface area contributed by atoms with Gasteiger partial charge in [0.1, 0.15) is 5.56 Å². The van der Waals surface area contributed by atoms with Gasteiger partial charge in [-0.05, 0) is 42.7 Å². The fourth-order valence-electron chi connectivity index (χ4n) is 2.97. The Morgan fingerprint density at radius 2 is 1.67 bits per heavy atom. The molecule has 3 rings (SSSR count).